The molecule has 3 heterocycles. The normalized spacial score (nSPS) is 17.9. The molecule has 156 valence electrons. The summed E-state index contributed by atoms with van der Waals surface area (Å²) < 4.78 is 0. The molecule has 0 bridgehead atoms. The van der Waals surface area contributed by atoms with Crippen molar-refractivity contribution in [1.82, 2.24) is 19.8 Å². The highest BCUT2D eigenvalue weighted by molar-refractivity contribution is 6.01. The maximum atomic E-state index is 12.5. The molecule has 0 saturated carbocycles. The van der Waals surface area contributed by atoms with Crippen LogP contribution in [0, 0.1) is 0 Å². The summed E-state index contributed by atoms with van der Waals surface area (Å²) in [6.07, 6.45) is 3.31. The zero-order chi connectivity index (χ0) is 19.9. The first kappa shape index (κ1) is 20.8. The molecule has 3 rings (SSSR count). The number of fused-ring (bicyclic) bond motifs is 1. The van der Waals surface area contributed by atoms with Crippen molar-refractivity contribution in [1.29, 1.82) is 0 Å². The second-order valence-corrected chi connectivity index (χ2v) is 7.50. The van der Waals surface area contributed by atoms with Gasteiger partial charge in [-0.1, -0.05) is 13.3 Å². The summed E-state index contributed by atoms with van der Waals surface area (Å²) in [5, 5.41) is 12.2. The minimum atomic E-state index is 0.0504. The number of hydrogen-bond donors (Lipinski definition) is 3. The van der Waals surface area contributed by atoms with Gasteiger partial charge in [-0.15, -0.1) is 0 Å². The number of piperazine rings is 1. The van der Waals surface area contributed by atoms with Crippen molar-refractivity contribution in [2.75, 3.05) is 74.9 Å². The molecule has 0 spiro atoms. The number of nitrogens with two attached hydrogens (primary N) is 1. The maximum absolute atomic E-state index is 12.5. The number of carbonyl (C=O) groups is 1. The van der Waals surface area contributed by atoms with E-state index >= 15 is 0 Å². The molecule has 4 N–H and O–H groups in total. The van der Waals surface area contributed by atoms with Crippen molar-refractivity contribution in [3.05, 3.63) is 5.56 Å². The van der Waals surface area contributed by atoms with E-state index in [1.165, 1.54) is 0 Å². The summed E-state index contributed by atoms with van der Waals surface area (Å²) >= 11 is 0. The van der Waals surface area contributed by atoms with E-state index in [9.17, 15) is 4.79 Å². The van der Waals surface area contributed by atoms with E-state index < -0.39 is 0 Å². The monoisotopic (exact) mass is 391 g/mol. The molecule has 0 radical (unpaired) electrons. The van der Waals surface area contributed by atoms with E-state index in [-0.39, 0.29) is 18.9 Å². The Bertz CT molecular complexity index is 662. The van der Waals surface area contributed by atoms with E-state index in [1.807, 2.05) is 0 Å². The van der Waals surface area contributed by atoms with Crippen molar-refractivity contribution < 1.29 is 9.90 Å². The fraction of sp³-hybridized carbons (Fsp3) is 0.737. The first-order chi connectivity index (χ1) is 13.6. The van der Waals surface area contributed by atoms with Crippen LogP contribution in [-0.4, -0.2) is 89.7 Å². The number of β-amino-alcohol motifs (C(OH)–C–C–N with tert-alkyl or cyclic N) is 1. The van der Waals surface area contributed by atoms with Crippen LogP contribution >= 0.6 is 0 Å². The Hall–Kier alpha value is -1.97. The van der Waals surface area contributed by atoms with Gasteiger partial charge in [0.2, 0.25) is 11.9 Å². The van der Waals surface area contributed by atoms with E-state index in [0.717, 1.165) is 70.6 Å². The Kier molecular flexibility index (Phi) is 7.41. The Morgan fingerprint density at radius 3 is 2.46 bits per heavy atom. The van der Waals surface area contributed by atoms with Crippen molar-refractivity contribution in [3.63, 3.8) is 0 Å². The number of nitrogens with one attached hydrogen (secondary N) is 1. The summed E-state index contributed by atoms with van der Waals surface area (Å²) in [7, 11) is 0. The third-order valence-corrected chi connectivity index (χ3v) is 5.45. The van der Waals surface area contributed by atoms with Gasteiger partial charge in [0.05, 0.1) is 13.0 Å². The summed E-state index contributed by atoms with van der Waals surface area (Å²) in [4.78, 5) is 27.8. The zero-order valence-electron chi connectivity index (χ0n) is 16.9. The third-order valence-electron chi connectivity index (χ3n) is 5.45. The first-order valence-corrected chi connectivity index (χ1v) is 10.4. The number of anilines is 3. The summed E-state index contributed by atoms with van der Waals surface area (Å²) in [6, 6.07) is 0. The quantitative estimate of drug-likeness (QED) is 0.484. The van der Waals surface area contributed by atoms with Gasteiger partial charge in [0.1, 0.15) is 11.6 Å². The van der Waals surface area contributed by atoms with Gasteiger partial charge in [0.15, 0.2) is 0 Å². The SMILES string of the molecule is CCCCNc1nc(N)c2c(n1)N(CCCN1CCN(CCO)CC1)C(=O)C2. The van der Waals surface area contributed by atoms with Crippen LogP contribution in [0.3, 0.4) is 0 Å². The summed E-state index contributed by atoms with van der Waals surface area (Å²) in [5.41, 5.74) is 6.84. The van der Waals surface area contributed by atoms with E-state index in [1.54, 1.807) is 4.90 Å². The van der Waals surface area contributed by atoms with Crippen LogP contribution < -0.4 is 16.0 Å². The molecule has 2 aliphatic heterocycles. The number of nitrogen functional groups attached to an aromatic ring is 1. The molecule has 0 unspecified atom stereocenters. The molecule has 1 aromatic heterocycles. The largest absolute Gasteiger partial charge is 0.395 e. The molecule has 9 heteroatoms. The van der Waals surface area contributed by atoms with Gasteiger partial charge in [-0.25, -0.2) is 0 Å². The number of unbranched alkanes of at least 4 members (excludes halogenated alkanes) is 1. The van der Waals surface area contributed by atoms with Crippen LogP contribution in [0.15, 0.2) is 0 Å². The lowest BCUT2D eigenvalue weighted by molar-refractivity contribution is -0.117. The van der Waals surface area contributed by atoms with Gasteiger partial charge in [-0.05, 0) is 19.4 Å². The number of carbonyl (C=O) groups excluding carboxylic acids is 1. The van der Waals surface area contributed by atoms with Crippen LogP contribution in [-0.2, 0) is 11.2 Å². The predicted octanol–water partition coefficient (Wildman–Crippen LogP) is 0.160. The second kappa shape index (κ2) is 9.99. The van der Waals surface area contributed by atoms with Crippen LogP contribution in [0.4, 0.5) is 17.6 Å². The lowest BCUT2D eigenvalue weighted by Crippen LogP contribution is -2.47. The smallest absolute Gasteiger partial charge is 0.232 e. The number of nitrogens with zero attached hydrogens (tertiary/aromatic N) is 5. The van der Waals surface area contributed by atoms with Gasteiger partial charge in [0, 0.05) is 51.4 Å². The number of aliphatic hydroxyl groups excluding tert-OH is 1. The van der Waals surface area contributed by atoms with E-state index in [2.05, 4.69) is 32.0 Å². The maximum Gasteiger partial charge on any atom is 0.232 e. The first-order valence-electron chi connectivity index (χ1n) is 10.4. The minimum Gasteiger partial charge on any atom is -0.395 e. The number of hydrogen-bond acceptors (Lipinski definition) is 8. The van der Waals surface area contributed by atoms with Crippen LogP contribution in [0.5, 0.6) is 0 Å². The van der Waals surface area contributed by atoms with Crippen molar-refractivity contribution >= 4 is 23.5 Å². The molecule has 1 saturated heterocycles. The molecule has 0 aromatic carbocycles. The third kappa shape index (κ3) is 5.09. The van der Waals surface area contributed by atoms with Gasteiger partial charge >= 0.3 is 0 Å². The summed E-state index contributed by atoms with van der Waals surface area (Å²) in [5.74, 6) is 1.63. The van der Waals surface area contributed by atoms with Crippen LogP contribution in [0.2, 0.25) is 0 Å². The Balaban J connectivity index is 1.53. The van der Waals surface area contributed by atoms with Crippen molar-refractivity contribution in [2.45, 2.75) is 32.6 Å². The Labute approximate surface area is 166 Å². The molecule has 0 atom stereocenters. The highest BCUT2D eigenvalue weighted by Gasteiger charge is 2.31. The van der Waals surface area contributed by atoms with Crippen LogP contribution in [0.1, 0.15) is 31.7 Å². The van der Waals surface area contributed by atoms with Gasteiger partial charge < -0.3 is 21.1 Å². The minimum absolute atomic E-state index is 0.0504. The fourth-order valence-corrected chi connectivity index (χ4v) is 3.76. The number of rotatable bonds is 10. The van der Waals surface area contributed by atoms with Gasteiger partial charge in [-0.2, -0.15) is 9.97 Å². The lowest BCUT2D eigenvalue weighted by Gasteiger charge is -2.34. The Morgan fingerprint density at radius 1 is 1.07 bits per heavy atom. The molecule has 2 aliphatic rings. The highest BCUT2D eigenvalue weighted by atomic mass is 16.3. The highest BCUT2D eigenvalue weighted by Crippen LogP contribution is 2.31. The summed E-state index contributed by atoms with van der Waals surface area (Å²) in [6.45, 7) is 9.49. The molecular formula is C19H33N7O2. The molecule has 9 nitrogen and oxygen atoms in total. The van der Waals surface area contributed by atoms with Crippen molar-refractivity contribution in [2.24, 2.45) is 0 Å². The Morgan fingerprint density at radius 2 is 1.79 bits per heavy atom. The van der Waals surface area contributed by atoms with Gasteiger partial charge in [0.25, 0.3) is 0 Å². The van der Waals surface area contributed by atoms with E-state index in [0.29, 0.717) is 24.1 Å². The molecule has 0 aliphatic carbocycles. The predicted molar refractivity (Wildman–Crippen MR) is 110 cm³/mol. The lowest BCUT2D eigenvalue weighted by atomic mass is 10.2. The topological polar surface area (TPSA) is 111 Å². The number of aliphatic hydroxyl groups is 1. The molecule has 1 amide bonds. The second-order valence-electron chi connectivity index (χ2n) is 7.50. The average molecular weight is 392 g/mol. The molecular weight excluding hydrogens is 358 g/mol. The molecule has 28 heavy (non-hydrogen) atoms. The molecule has 1 aromatic rings. The number of aromatic nitrogens is 2. The number of amides is 1. The molecule has 1 fully saturated rings. The van der Waals surface area contributed by atoms with Gasteiger partial charge in [-0.3, -0.25) is 14.6 Å². The fourth-order valence-electron chi connectivity index (χ4n) is 3.76. The average Bonchev–Trinajstić information content (AvgIpc) is 3.00. The van der Waals surface area contributed by atoms with E-state index in [4.69, 9.17) is 10.8 Å². The van der Waals surface area contributed by atoms with Crippen molar-refractivity contribution in [3.8, 4) is 0 Å². The zero-order valence-corrected chi connectivity index (χ0v) is 16.9. The van der Waals surface area contributed by atoms with Crippen LogP contribution in [0.25, 0.3) is 0 Å². The standard InChI is InChI=1S/C19H33N7O2/c1-2-3-5-21-19-22-17(20)15-14-16(28)26(18(15)23-19)7-4-6-24-8-10-25(11-9-24)12-13-27/h27H,2-14H2,1H3,(H3,20,21,22,23).